The molecule has 0 radical (unpaired) electrons. The molecule has 1 aliphatic rings. The van der Waals surface area contributed by atoms with E-state index in [2.05, 4.69) is 6.92 Å². The molecule has 35 heavy (non-hydrogen) atoms. The molecule has 5 rings (SSSR count). The molecule has 1 saturated carbocycles. The van der Waals surface area contributed by atoms with E-state index in [0.29, 0.717) is 27.1 Å². The molecular formula is C29H28ClFN2OS. The molecule has 0 bridgehead atoms. The van der Waals surface area contributed by atoms with Gasteiger partial charge in [0.05, 0.1) is 5.02 Å². The maximum absolute atomic E-state index is 15.1. The van der Waals surface area contributed by atoms with Crippen LogP contribution in [0.25, 0.3) is 21.2 Å². The lowest BCUT2D eigenvalue weighted by Crippen LogP contribution is -2.41. The summed E-state index contributed by atoms with van der Waals surface area (Å²) >= 11 is 8.10. The second-order valence-electron chi connectivity index (χ2n) is 9.52. The van der Waals surface area contributed by atoms with Crippen molar-refractivity contribution < 1.29 is 9.18 Å². The number of amides is 1. The van der Waals surface area contributed by atoms with Gasteiger partial charge in [-0.2, -0.15) is 0 Å². The van der Waals surface area contributed by atoms with Crippen molar-refractivity contribution in [2.75, 3.05) is 5.73 Å². The molecule has 1 amide bonds. The normalized spacial score (nSPS) is 18.0. The van der Waals surface area contributed by atoms with Gasteiger partial charge in [-0.1, -0.05) is 54.9 Å². The van der Waals surface area contributed by atoms with E-state index in [1.54, 1.807) is 6.07 Å². The Morgan fingerprint density at radius 2 is 1.71 bits per heavy atom. The van der Waals surface area contributed by atoms with Gasteiger partial charge in [-0.3, -0.25) is 4.79 Å². The highest BCUT2D eigenvalue weighted by Gasteiger charge is 2.31. The molecule has 3 aromatic carbocycles. The average Bonchev–Trinajstić information content (AvgIpc) is 3.21. The number of nitrogens with two attached hydrogens (primary N) is 1. The first kappa shape index (κ1) is 23.8. The maximum Gasteiger partial charge on any atom is 0.266 e. The summed E-state index contributed by atoms with van der Waals surface area (Å²) < 4.78 is 16.1. The van der Waals surface area contributed by atoms with Crippen molar-refractivity contribution in [3.05, 3.63) is 88.0 Å². The lowest BCUT2D eigenvalue weighted by Gasteiger charge is -2.36. The van der Waals surface area contributed by atoms with Crippen LogP contribution in [0.3, 0.4) is 0 Å². The Labute approximate surface area is 214 Å². The Morgan fingerprint density at radius 1 is 1.03 bits per heavy atom. The molecule has 1 aliphatic carbocycles. The van der Waals surface area contributed by atoms with E-state index in [1.165, 1.54) is 17.4 Å². The fraction of sp³-hybridized carbons (Fsp3) is 0.276. The highest BCUT2D eigenvalue weighted by atomic mass is 35.5. The Balaban J connectivity index is 1.51. The van der Waals surface area contributed by atoms with Crippen LogP contribution >= 0.6 is 22.9 Å². The molecule has 3 nitrogen and oxygen atoms in total. The maximum atomic E-state index is 15.1. The highest BCUT2D eigenvalue weighted by molar-refractivity contribution is 7.21. The average molecular weight is 507 g/mol. The van der Waals surface area contributed by atoms with E-state index in [1.807, 2.05) is 59.5 Å². The summed E-state index contributed by atoms with van der Waals surface area (Å²) in [4.78, 5) is 16.3. The summed E-state index contributed by atoms with van der Waals surface area (Å²) in [6, 6.07) is 20.5. The summed E-state index contributed by atoms with van der Waals surface area (Å²) in [5, 5.41) is 1.37. The molecular weight excluding hydrogens is 479 g/mol. The standard InChI is InChI=1S/C29H28ClFN2OS/c1-18-6-13-23(14-7-18)33(29(34)28-27(30)24-4-2-3-5-26(24)35-28)17-21-16-20(10-15-25(21)31)19-8-11-22(32)12-9-19/h2-5,8-12,15-16,18,23H,6-7,13-14,17,32H2,1H3/t18-,23-. The van der Waals surface area contributed by atoms with Crippen molar-refractivity contribution in [1.82, 2.24) is 4.90 Å². The summed E-state index contributed by atoms with van der Waals surface area (Å²) in [6.07, 6.45) is 3.94. The predicted octanol–water partition coefficient (Wildman–Crippen LogP) is 8.16. The van der Waals surface area contributed by atoms with Gasteiger partial charge in [0, 0.05) is 33.9 Å². The first-order valence-electron chi connectivity index (χ1n) is 12.0. The number of rotatable bonds is 5. The minimum absolute atomic E-state index is 0.0551. The van der Waals surface area contributed by atoms with Crippen molar-refractivity contribution in [2.45, 2.75) is 45.2 Å². The van der Waals surface area contributed by atoms with E-state index in [9.17, 15) is 4.79 Å². The van der Waals surface area contributed by atoms with Crippen LogP contribution in [0.1, 0.15) is 47.8 Å². The fourth-order valence-corrected chi connectivity index (χ4v) is 6.41. The number of anilines is 1. The first-order valence-corrected chi connectivity index (χ1v) is 13.2. The van der Waals surface area contributed by atoms with Crippen LogP contribution < -0.4 is 5.73 Å². The van der Waals surface area contributed by atoms with E-state index in [-0.39, 0.29) is 24.3 Å². The third-order valence-electron chi connectivity index (χ3n) is 7.05. The molecule has 0 unspecified atom stereocenters. The fourth-order valence-electron chi connectivity index (χ4n) is 4.94. The molecule has 2 N–H and O–H groups in total. The Morgan fingerprint density at radius 3 is 2.43 bits per heavy atom. The lowest BCUT2D eigenvalue weighted by molar-refractivity contribution is 0.0596. The molecule has 4 aromatic rings. The van der Waals surface area contributed by atoms with Crippen molar-refractivity contribution in [1.29, 1.82) is 0 Å². The SMILES string of the molecule is C[C@H]1CC[C@H](N(Cc2cc(-c3ccc(N)cc3)ccc2F)C(=O)c2sc3ccccc3c2Cl)CC1. The first-order chi connectivity index (χ1) is 16.9. The molecule has 180 valence electrons. The van der Waals surface area contributed by atoms with Crippen molar-refractivity contribution in [3.63, 3.8) is 0 Å². The molecule has 1 heterocycles. The van der Waals surface area contributed by atoms with Gasteiger partial charge in [0.15, 0.2) is 0 Å². The van der Waals surface area contributed by atoms with Gasteiger partial charge in [-0.25, -0.2) is 4.39 Å². The van der Waals surface area contributed by atoms with E-state index >= 15 is 4.39 Å². The molecule has 6 heteroatoms. The summed E-state index contributed by atoms with van der Waals surface area (Å²) in [7, 11) is 0. The Bertz CT molecular complexity index is 1360. The molecule has 0 atom stereocenters. The molecule has 0 saturated heterocycles. The van der Waals surface area contributed by atoms with Crippen LogP contribution in [0, 0.1) is 11.7 Å². The van der Waals surface area contributed by atoms with E-state index in [0.717, 1.165) is 46.9 Å². The number of carbonyl (C=O) groups excluding carboxylic acids is 1. The van der Waals surface area contributed by atoms with E-state index < -0.39 is 0 Å². The van der Waals surface area contributed by atoms with Gasteiger partial charge < -0.3 is 10.6 Å². The summed E-state index contributed by atoms with van der Waals surface area (Å²) in [6.45, 7) is 2.46. The van der Waals surface area contributed by atoms with Crippen molar-refractivity contribution in [3.8, 4) is 11.1 Å². The molecule has 0 aliphatic heterocycles. The second kappa shape index (κ2) is 10.00. The minimum Gasteiger partial charge on any atom is -0.399 e. The number of halogens is 2. The molecule has 0 spiro atoms. The predicted molar refractivity (Wildman–Crippen MR) is 144 cm³/mol. The van der Waals surface area contributed by atoms with Crippen LogP contribution in [0.5, 0.6) is 0 Å². The highest BCUT2D eigenvalue weighted by Crippen LogP contribution is 2.38. The van der Waals surface area contributed by atoms with Crippen LogP contribution in [-0.2, 0) is 6.54 Å². The second-order valence-corrected chi connectivity index (χ2v) is 10.9. The number of nitrogens with zero attached hydrogens (tertiary/aromatic N) is 1. The molecule has 1 fully saturated rings. The van der Waals surface area contributed by atoms with Crippen molar-refractivity contribution in [2.24, 2.45) is 5.92 Å². The van der Waals surface area contributed by atoms with E-state index in [4.69, 9.17) is 17.3 Å². The quantitative estimate of drug-likeness (QED) is 0.277. The number of hydrogen-bond acceptors (Lipinski definition) is 3. The van der Waals surface area contributed by atoms with Crippen LogP contribution in [0.15, 0.2) is 66.7 Å². The number of benzene rings is 3. The third-order valence-corrected chi connectivity index (χ3v) is 8.71. The largest absolute Gasteiger partial charge is 0.399 e. The van der Waals surface area contributed by atoms with Gasteiger partial charge in [0.2, 0.25) is 0 Å². The van der Waals surface area contributed by atoms with Crippen LogP contribution in [-0.4, -0.2) is 16.8 Å². The summed E-state index contributed by atoms with van der Waals surface area (Å²) in [5.74, 6) is 0.211. The van der Waals surface area contributed by atoms with Gasteiger partial charge in [-0.15, -0.1) is 11.3 Å². The number of nitrogen functional groups attached to an aromatic ring is 1. The number of fused-ring (bicyclic) bond motifs is 1. The Kier molecular flexibility index (Phi) is 6.81. The number of hydrogen-bond donors (Lipinski definition) is 1. The van der Waals surface area contributed by atoms with Gasteiger partial charge >= 0.3 is 0 Å². The molecule has 1 aromatic heterocycles. The third kappa shape index (κ3) is 4.93. The lowest BCUT2D eigenvalue weighted by atomic mass is 9.86. The minimum atomic E-state index is -0.311. The van der Waals surface area contributed by atoms with Gasteiger partial charge in [-0.05, 0) is 73.1 Å². The zero-order valence-electron chi connectivity index (χ0n) is 19.6. The van der Waals surface area contributed by atoms with Gasteiger partial charge in [0.1, 0.15) is 10.7 Å². The summed E-state index contributed by atoms with van der Waals surface area (Å²) in [5.41, 5.74) is 8.87. The van der Waals surface area contributed by atoms with Crippen LogP contribution in [0.2, 0.25) is 5.02 Å². The number of carbonyl (C=O) groups is 1. The van der Waals surface area contributed by atoms with Crippen LogP contribution in [0.4, 0.5) is 10.1 Å². The zero-order valence-corrected chi connectivity index (χ0v) is 21.2. The number of thiophene rings is 1. The monoisotopic (exact) mass is 506 g/mol. The van der Waals surface area contributed by atoms with Gasteiger partial charge in [0.25, 0.3) is 5.91 Å². The zero-order chi connectivity index (χ0) is 24.5. The smallest absolute Gasteiger partial charge is 0.266 e. The topological polar surface area (TPSA) is 46.3 Å². The Hall–Kier alpha value is -2.89. The van der Waals surface area contributed by atoms with Crippen molar-refractivity contribution >= 4 is 44.6 Å².